The first-order valence-corrected chi connectivity index (χ1v) is 40.1. The molecule has 3 N–H and O–H groups in total. The third kappa shape index (κ3) is 64.8. The molecule has 0 spiro atoms. The quantitative estimate of drug-likeness (QED) is 0.0222. The predicted octanol–water partition coefficient (Wildman–Crippen LogP) is 20.5. The summed E-state index contributed by atoms with van der Waals surface area (Å²) < 4.78 is 68.0. The zero-order chi connectivity index (χ0) is 66.3. The van der Waals surface area contributed by atoms with Crippen LogP contribution in [0.2, 0.25) is 0 Å². The minimum Gasteiger partial charge on any atom is -0.462 e. The normalized spacial score (nSPS) is 14.1. The molecule has 0 heterocycles. The van der Waals surface area contributed by atoms with Gasteiger partial charge in [-0.2, -0.15) is 0 Å². The van der Waals surface area contributed by atoms with Crippen molar-refractivity contribution in [3.8, 4) is 0 Å². The Balaban J connectivity index is 5.10. The zero-order valence-electron chi connectivity index (χ0n) is 58.3. The molecular weight excluding hydrogens is 1190 g/mol. The largest absolute Gasteiger partial charge is 0.472 e. The lowest BCUT2D eigenvalue weighted by Crippen LogP contribution is -2.30. The molecule has 0 aromatic carbocycles. The Bertz CT molecular complexity index is 1740. The Morgan fingerprint density at radius 3 is 0.756 bits per heavy atom. The van der Waals surface area contributed by atoms with Crippen molar-refractivity contribution < 1.29 is 80.2 Å². The predicted molar refractivity (Wildman–Crippen MR) is 363 cm³/mol. The molecule has 17 nitrogen and oxygen atoms in total. The van der Waals surface area contributed by atoms with E-state index in [0.717, 1.165) is 96.3 Å². The van der Waals surface area contributed by atoms with Crippen molar-refractivity contribution in [2.24, 2.45) is 5.92 Å². The van der Waals surface area contributed by atoms with Crippen LogP contribution in [-0.4, -0.2) is 96.7 Å². The van der Waals surface area contributed by atoms with E-state index in [1.165, 1.54) is 186 Å². The van der Waals surface area contributed by atoms with E-state index in [0.29, 0.717) is 31.6 Å². The summed E-state index contributed by atoms with van der Waals surface area (Å²) in [5, 5.41) is 10.5. The maximum absolute atomic E-state index is 13.0. The van der Waals surface area contributed by atoms with Gasteiger partial charge in [-0.05, 0) is 31.6 Å². The number of aliphatic hydroxyl groups is 1. The number of rotatable bonds is 71. The van der Waals surface area contributed by atoms with Crippen molar-refractivity contribution in [3.05, 3.63) is 0 Å². The van der Waals surface area contributed by atoms with Gasteiger partial charge in [-0.15, -0.1) is 0 Å². The van der Waals surface area contributed by atoms with Crippen LogP contribution >= 0.6 is 15.6 Å². The fourth-order valence-corrected chi connectivity index (χ4v) is 12.4. The second-order valence-corrected chi connectivity index (χ2v) is 29.0. The van der Waals surface area contributed by atoms with Crippen molar-refractivity contribution in [1.29, 1.82) is 0 Å². The van der Waals surface area contributed by atoms with Gasteiger partial charge in [0.1, 0.15) is 19.3 Å². The number of aliphatic hydroxyl groups excluding tert-OH is 1. The molecule has 0 amide bonds. The monoisotopic (exact) mass is 1320 g/mol. The van der Waals surface area contributed by atoms with Crippen molar-refractivity contribution in [3.63, 3.8) is 0 Å². The highest BCUT2D eigenvalue weighted by Gasteiger charge is 2.30. The van der Waals surface area contributed by atoms with Gasteiger partial charge in [-0.1, -0.05) is 317 Å². The summed E-state index contributed by atoms with van der Waals surface area (Å²) in [4.78, 5) is 72.2. The summed E-state index contributed by atoms with van der Waals surface area (Å²) >= 11 is 0. The summed E-state index contributed by atoms with van der Waals surface area (Å²) in [6, 6.07) is 0. The van der Waals surface area contributed by atoms with Gasteiger partial charge in [0.2, 0.25) is 0 Å². The highest BCUT2D eigenvalue weighted by Crippen LogP contribution is 2.45. The molecule has 0 saturated heterocycles. The molecular formula is C71H138O17P2. The molecule has 2 unspecified atom stereocenters. The number of phosphoric ester groups is 2. The number of hydrogen-bond donors (Lipinski definition) is 3. The first kappa shape index (κ1) is 88.1. The van der Waals surface area contributed by atoms with Crippen LogP contribution in [0.25, 0.3) is 0 Å². The number of hydrogen-bond acceptors (Lipinski definition) is 15. The molecule has 0 radical (unpaired) electrons. The van der Waals surface area contributed by atoms with Crippen molar-refractivity contribution in [2.45, 2.75) is 387 Å². The molecule has 0 aliphatic rings. The van der Waals surface area contributed by atoms with Crippen LogP contribution in [0.1, 0.15) is 369 Å². The van der Waals surface area contributed by atoms with E-state index in [9.17, 15) is 43.2 Å². The first-order valence-electron chi connectivity index (χ1n) is 37.1. The average molecular weight is 1330 g/mol. The molecule has 5 atom stereocenters. The summed E-state index contributed by atoms with van der Waals surface area (Å²) in [7, 11) is -9.89. The van der Waals surface area contributed by atoms with E-state index in [1.807, 2.05) is 0 Å². The van der Waals surface area contributed by atoms with Crippen LogP contribution in [0.3, 0.4) is 0 Å². The lowest BCUT2D eigenvalue weighted by Gasteiger charge is -2.21. The molecule has 0 rings (SSSR count). The SMILES string of the molecule is CCCCCCCCCCCCCCCCCCCCCCCC(=O)O[C@H](COC(=O)CCCCCCCCCCCCCCCCC)COP(=O)(O)OC[C@@H](O)COP(=O)(O)OC[C@@H](COC(=O)CCCCCCC)OC(=O)CCCCCCCCC(C)C. The van der Waals surface area contributed by atoms with Gasteiger partial charge < -0.3 is 33.8 Å². The zero-order valence-corrected chi connectivity index (χ0v) is 60.1. The molecule has 19 heteroatoms. The molecule has 534 valence electrons. The van der Waals surface area contributed by atoms with E-state index in [4.69, 9.17) is 37.0 Å². The summed E-state index contributed by atoms with van der Waals surface area (Å²) in [5.41, 5.74) is 0. The van der Waals surface area contributed by atoms with E-state index < -0.39 is 97.5 Å². The Morgan fingerprint density at radius 1 is 0.300 bits per heavy atom. The smallest absolute Gasteiger partial charge is 0.462 e. The highest BCUT2D eigenvalue weighted by molar-refractivity contribution is 7.47. The number of carbonyl (C=O) groups is 4. The Kier molecular flexibility index (Phi) is 63.0. The Morgan fingerprint density at radius 2 is 0.511 bits per heavy atom. The highest BCUT2D eigenvalue weighted by atomic mass is 31.2. The molecule has 0 aromatic rings. The number of carbonyl (C=O) groups excluding carboxylic acids is 4. The fourth-order valence-electron chi connectivity index (χ4n) is 10.8. The second-order valence-electron chi connectivity index (χ2n) is 26.1. The minimum atomic E-state index is -4.95. The van der Waals surface area contributed by atoms with E-state index in [1.54, 1.807) is 0 Å². The van der Waals surface area contributed by atoms with Crippen molar-refractivity contribution in [1.82, 2.24) is 0 Å². The van der Waals surface area contributed by atoms with Gasteiger partial charge >= 0.3 is 39.5 Å². The molecule has 0 aliphatic carbocycles. The maximum atomic E-state index is 13.0. The van der Waals surface area contributed by atoms with Crippen molar-refractivity contribution >= 4 is 39.5 Å². The van der Waals surface area contributed by atoms with E-state index in [2.05, 4.69) is 34.6 Å². The van der Waals surface area contributed by atoms with Gasteiger partial charge in [0.15, 0.2) is 12.2 Å². The standard InChI is InChI=1S/C71H138O17P2/c1-6-9-12-15-17-19-21-23-25-26-27-28-29-30-32-34-36-38-40-46-51-56-70(75)87-67(61-82-69(74)55-50-45-39-37-35-33-31-24-22-20-18-16-13-10-7-2)63-86-90(79,80)84-59-65(72)58-83-89(77,78)85-62-66(60-81-68(73)54-49-43-14-11-8-3)88-71(76)57-52-47-42-41-44-48-53-64(4)5/h64-67,72H,6-63H2,1-5H3,(H,77,78)(H,79,80)/t65-,66+,67+/m0/s1. The summed E-state index contributed by atoms with van der Waals surface area (Å²) in [6.45, 7) is 7.06. The minimum absolute atomic E-state index is 0.102. The Hall–Kier alpha value is -1.94. The van der Waals surface area contributed by atoms with Crippen LogP contribution in [0.4, 0.5) is 0 Å². The lowest BCUT2D eigenvalue weighted by atomic mass is 10.0. The molecule has 90 heavy (non-hydrogen) atoms. The number of ether oxygens (including phenoxy) is 4. The van der Waals surface area contributed by atoms with Gasteiger partial charge in [0, 0.05) is 25.7 Å². The van der Waals surface area contributed by atoms with Crippen LogP contribution in [0.5, 0.6) is 0 Å². The fraction of sp³-hybridized carbons (Fsp3) is 0.944. The first-order chi connectivity index (χ1) is 43.5. The number of esters is 4. The lowest BCUT2D eigenvalue weighted by molar-refractivity contribution is -0.161. The molecule has 0 bridgehead atoms. The van der Waals surface area contributed by atoms with E-state index >= 15 is 0 Å². The van der Waals surface area contributed by atoms with Gasteiger partial charge in [-0.3, -0.25) is 37.3 Å². The van der Waals surface area contributed by atoms with Gasteiger partial charge in [0.05, 0.1) is 26.4 Å². The number of phosphoric acid groups is 2. The van der Waals surface area contributed by atoms with Crippen LogP contribution in [-0.2, 0) is 65.4 Å². The van der Waals surface area contributed by atoms with Crippen LogP contribution < -0.4 is 0 Å². The molecule has 0 aromatic heterocycles. The van der Waals surface area contributed by atoms with Crippen molar-refractivity contribution in [2.75, 3.05) is 39.6 Å². The summed E-state index contributed by atoms with van der Waals surface area (Å²) in [5.74, 6) is -1.47. The molecule has 0 fully saturated rings. The third-order valence-electron chi connectivity index (χ3n) is 16.5. The topological polar surface area (TPSA) is 237 Å². The number of unbranched alkanes of at least 4 members (excludes halogenated alkanes) is 43. The second kappa shape index (κ2) is 64.4. The van der Waals surface area contributed by atoms with Crippen LogP contribution in [0, 0.1) is 5.92 Å². The molecule has 0 saturated carbocycles. The van der Waals surface area contributed by atoms with E-state index in [-0.39, 0.29) is 25.7 Å². The van der Waals surface area contributed by atoms with Crippen LogP contribution in [0.15, 0.2) is 0 Å². The maximum Gasteiger partial charge on any atom is 0.472 e. The average Bonchev–Trinajstić information content (AvgIpc) is 3.71. The summed E-state index contributed by atoms with van der Waals surface area (Å²) in [6.07, 6.45) is 52.1. The molecule has 0 aliphatic heterocycles. The van der Waals surface area contributed by atoms with Gasteiger partial charge in [0.25, 0.3) is 0 Å². The van der Waals surface area contributed by atoms with Gasteiger partial charge in [-0.25, -0.2) is 9.13 Å². The third-order valence-corrected chi connectivity index (χ3v) is 18.4. The Labute approximate surface area is 549 Å².